The Hall–Kier alpha value is -0.780. The lowest BCUT2D eigenvalue weighted by molar-refractivity contribution is 0.329. The Labute approximate surface area is 146 Å². The van der Waals surface area contributed by atoms with Gasteiger partial charge in [0.2, 0.25) is 0 Å². The predicted molar refractivity (Wildman–Crippen MR) is 106 cm³/mol. The molecule has 132 valence electrons. The fourth-order valence-electron chi connectivity index (χ4n) is 4.19. The summed E-state index contributed by atoms with van der Waals surface area (Å²) in [6, 6.07) is 0. The van der Waals surface area contributed by atoms with Gasteiger partial charge in [0.1, 0.15) is 0 Å². The molecule has 0 spiro atoms. The normalized spacial score (nSPS) is 20.6. The topological polar surface area (TPSA) is 0 Å². The average Bonchev–Trinajstić information content (AvgIpc) is 3.08. The highest BCUT2D eigenvalue weighted by Gasteiger charge is 2.12. The molecule has 0 aliphatic heterocycles. The van der Waals surface area contributed by atoms with Gasteiger partial charge < -0.3 is 0 Å². The van der Waals surface area contributed by atoms with Crippen molar-refractivity contribution in [1.82, 2.24) is 0 Å². The van der Waals surface area contributed by atoms with Crippen molar-refractivity contribution in [3.8, 4) is 0 Å². The fourth-order valence-corrected chi connectivity index (χ4v) is 4.19. The second-order valence-electron chi connectivity index (χ2n) is 7.67. The molecule has 0 amide bonds. The van der Waals surface area contributed by atoms with E-state index in [-0.39, 0.29) is 1.43 Å². The molecule has 2 fully saturated rings. The number of allylic oxidation sites excluding steroid dienone is 6. The molecule has 0 N–H and O–H groups in total. The molecule has 0 heterocycles. The lowest BCUT2D eigenvalue weighted by atomic mass is 9.85. The van der Waals surface area contributed by atoms with Crippen molar-refractivity contribution in [3.63, 3.8) is 0 Å². The molecule has 0 atom stereocenters. The van der Waals surface area contributed by atoms with Crippen LogP contribution in [0.3, 0.4) is 0 Å². The van der Waals surface area contributed by atoms with Crippen LogP contribution in [0.15, 0.2) is 35.5 Å². The zero-order valence-corrected chi connectivity index (χ0v) is 15.5. The summed E-state index contributed by atoms with van der Waals surface area (Å²) in [5.74, 6) is 1.07. The van der Waals surface area contributed by atoms with Gasteiger partial charge in [-0.05, 0) is 56.4 Å². The standard InChI is InChI=1S/C23H38.H2/c1-2-13-22(20-23-18-11-12-19-23)17-8-5-3-4-7-14-21-15-9-6-10-16-21;/h8,13,17,20-21H,2-7,9-12,14-16,18-19H2,1H3;1H/b17-8-,22-13+;. The van der Waals surface area contributed by atoms with Crippen molar-refractivity contribution >= 4 is 0 Å². The Bertz CT molecular complexity index is 388. The van der Waals surface area contributed by atoms with Gasteiger partial charge in [-0.25, -0.2) is 0 Å². The fraction of sp³-hybridized carbons (Fsp3) is 0.739. The lowest BCUT2D eigenvalue weighted by Crippen LogP contribution is -2.05. The van der Waals surface area contributed by atoms with Crippen LogP contribution in [0.2, 0.25) is 0 Å². The minimum atomic E-state index is 0. The maximum atomic E-state index is 2.45. The van der Waals surface area contributed by atoms with Gasteiger partial charge in [-0.2, -0.15) is 0 Å². The summed E-state index contributed by atoms with van der Waals surface area (Å²) >= 11 is 0. The zero-order chi connectivity index (χ0) is 16.2. The Morgan fingerprint density at radius 2 is 1.78 bits per heavy atom. The van der Waals surface area contributed by atoms with Crippen molar-refractivity contribution in [1.29, 1.82) is 0 Å². The molecule has 0 aromatic heterocycles. The predicted octanol–water partition coefficient (Wildman–Crippen LogP) is 8.16. The van der Waals surface area contributed by atoms with Gasteiger partial charge in [0.05, 0.1) is 0 Å². The molecule has 0 radical (unpaired) electrons. The molecule has 2 aliphatic rings. The van der Waals surface area contributed by atoms with E-state index in [9.17, 15) is 0 Å². The van der Waals surface area contributed by atoms with Crippen molar-refractivity contribution in [2.45, 2.75) is 103 Å². The Morgan fingerprint density at radius 1 is 1.00 bits per heavy atom. The molecule has 0 aromatic carbocycles. The largest absolute Gasteiger partial charge is 0.0840 e. The van der Waals surface area contributed by atoms with E-state index >= 15 is 0 Å². The van der Waals surface area contributed by atoms with Crippen molar-refractivity contribution in [3.05, 3.63) is 35.5 Å². The zero-order valence-electron chi connectivity index (χ0n) is 15.5. The van der Waals surface area contributed by atoms with Crippen LogP contribution in [0.5, 0.6) is 0 Å². The van der Waals surface area contributed by atoms with Crippen LogP contribution in [-0.2, 0) is 0 Å². The monoisotopic (exact) mass is 316 g/mol. The first-order valence-corrected chi connectivity index (χ1v) is 10.4. The second-order valence-corrected chi connectivity index (χ2v) is 7.67. The second kappa shape index (κ2) is 11.7. The third-order valence-electron chi connectivity index (χ3n) is 5.57. The van der Waals surface area contributed by atoms with Crippen molar-refractivity contribution in [2.24, 2.45) is 5.92 Å². The average molecular weight is 317 g/mol. The first-order valence-electron chi connectivity index (χ1n) is 10.4. The van der Waals surface area contributed by atoms with Gasteiger partial charge in [0, 0.05) is 1.43 Å². The van der Waals surface area contributed by atoms with Gasteiger partial charge in [0.25, 0.3) is 0 Å². The van der Waals surface area contributed by atoms with Gasteiger partial charge in [0.15, 0.2) is 0 Å². The number of hydrogen-bond donors (Lipinski definition) is 0. The minimum Gasteiger partial charge on any atom is -0.0840 e. The third kappa shape index (κ3) is 8.04. The molecule has 0 heteroatoms. The summed E-state index contributed by atoms with van der Waals surface area (Å²) < 4.78 is 0. The maximum absolute atomic E-state index is 2.45. The first-order chi connectivity index (χ1) is 11.4. The lowest BCUT2D eigenvalue weighted by Gasteiger charge is -2.21. The molecule has 0 nitrogen and oxygen atoms in total. The quantitative estimate of drug-likeness (QED) is 0.297. The highest BCUT2D eigenvalue weighted by Crippen LogP contribution is 2.28. The van der Waals surface area contributed by atoms with Crippen LogP contribution in [0.4, 0.5) is 0 Å². The maximum Gasteiger partial charge on any atom is 0 e. The summed E-state index contributed by atoms with van der Waals surface area (Å²) in [6.45, 7) is 2.24. The van der Waals surface area contributed by atoms with Crippen LogP contribution in [-0.4, -0.2) is 0 Å². The molecule has 0 aromatic rings. The van der Waals surface area contributed by atoms with E-state index in [1.165, 1.54) is 95.5 Å². The van der Waals surface area contributed by atoms with Crippen LogP contribution < -0.4 is 0 Å². The highest BCUT2D eigenvalue weighted by atomic mass is 14.2. The molecule has 0 saturated heterocycles. The van der Waals surface area contributed by atoms with Gasteiger partial charge in [-0.1, -0.05) is 88.2 Å². The Morgan fingerprint density at radius 3 is 2.52 bits per heavy atom. The molecule has 23 heavy (non-hydrogen) atoms. The van der Waals surface area contributed by atoms with Gasteiger partial charge in [-0.15, -0.1) is 0 Å². The van der Waals surface area contributed by atoms with Gasteiger partial charge >= 0.3 is 0 Å². The van der Waals surface area contributed by atoms with Gasteiger partial charge in [-0.3, -0.25) is 0 Å². The van der Waals surface area contributed by atoms with E-state index in [0.29, 0.717) is 0 Å². The van der Waals surface area contributed by atoms with Crippen LogP contribution >= 0.6 is 0 Å². The smallest absolute Gasteiger partial charge is 0 e. The summed E-state index contributed by atoms with van der Waals surface area (Å²) in [7, 11) is 0. The third-order valence-corrected chi connectivity index (χ3v) is 5.57. The van der Waals surface area contributed by atoms with Crippen molar-refractivity contribution in [2.75, 3.05) is 0 Å². The minimum absolute atomic E-state index is 0. The van der Waals surface area contributed by atoms with E-state index in [1.54, 1.807) is 5.57 Å². The van der Waals surface area contributed by atoms with E-state index < -0.39 is 0 Å². The number of unbranched alkanes of at least 4 members (excludes halogenated alkanes) is 3. The summed E-state index contributed by atoms with van der Waals surface area (Å²) in [4.78, 5) is 0. The van der Waals surface area contributed by atoms with Crippen molar-refractivity contribution < 1.29 is 1.43 Å². The summed E-state index contributed by atoms with van der Waals surface area (Å²) in [6.07, 6.45) is 30.7. The molecule has 2 rings (SSSR count). The first kappa shape index (κ1) is 18.6. The molecule has 2 aliphatic carbocycles. The highest BCUT2D eigenvalue weighted by molar-refractivity contribution is 5.34. The molecular weight excluding hydrogens is 276 g/mol. The number of hydrogen-bond acceptors (Lipinski definition) is 0. The van der Waals surface area contributed by atoms with E-state index in [1.807, 2.05) is 0 Å². The van der Waals surface area contributed by atoms with E-state index in [0.717, 1.165) is 12.3 Å². The van der Waals surface area contributed by atoms with E-state index in [2.05, 4.69) is 31.2 Å². The molecule has 0 bridgehead atoms. The number of rotatable bonds is 9. The van der Waals surface area contributed by atoms with Crippen LogP contribution in [0.25, 0.3) is 0 Å². The molecule has 0 unspecified atom stereocenters. The Balaban J connectivity index is 0.00000288. The summed E-state index contributed by atoms with van der Waals surface area (Å²) in [5, 5.41) is 0. The Kier molecular flexibility index (Phi) is 9.45. The summed E-state index contributed by atoms with van der Waals surface area (Å²) in [5.41, 5.74) is 3.12. The van der Waals surface area contributed by atoms with E-state index in [4.69, 9.17) is 0 Å². The van der Waals surface area contributed by atoms with Crippen LogP contribution in [0, 0.1) is 5.92 Å². The molecular formula is C23H40. The molecule has 2 saturated carbocycles. The van der Waals surface area contributed by atoms with Crippen LogP contribution in [0.1, 0.15) is 105 Å². The SMILES string of the molecule is CC/C=C(C=C1CCCC1)\C=C/CCCCCC1CCCCC1.[HH].